The highest BCUT2D eigenvalue weighted by atomic mass is 32.2. The Labute approximate surface area is 236 Å². The van der Waals surface area contributed by atoms with E-state index in [-0.39, 0.29) is 43.6 Å². The van der Waals surface area contributed by atoms with Gasteiger partial charge in [-0.15, -0.1) is 0 Å². The summed E-state index contributed by atoms with van der Waals surface area (Å²) in [4.78, 5) is 33.4. The summed E-state index contributed by atoms with van der Waals surface area (Å²) in [6, 6.07) is 6.15. The molecule has 2 atom stereocenters. The Hall–Kier alpha value is -3.16. The highest BCUT2D eigenvalue weighted by Crippen LogP contribution is 2.42. The van der Waals surface area contributed by atoms with Crippen molar-refractivity contribution in [2.45, 2.75) is 42.2 Å². The summed E-state index contributed by atoms with van der Waals surface area (Å²) in [5, 5.41) is 5.03. The zero-order valence-corrected chi connectivity index (χ0v) is 23.2. The van der Waals surface area contributed by atoms with Gasteiger partial charge in [-0.1, -0.05) is 0 Å². The van der Waals surface area contributed by atoms with Gasteiger partial charge in [0.05, 0.1) is 30.2 Å². The predicted octanol–water partition coefficient (Wildman–Crippen LogP) is 2.49. The van der Waals surface area contributed by atoms with Gasteiger partial charge in [-0.25, -0.2) is 27.3 Å². The van der Waals surface area contributed by atoms with Crippen LogP contribution in [0.15, 0.2) is 35.2 Å². The molecule has 4 fully saturated rings. The summed E-state index contributed by atoms with van der Waals surface area (Å²) in [6.45, 7) is 1.50. The largest absolute Gasteiger partial charge is 0.477 e. The molecule has 0 radical (unpaired) electrons. The number of aromatic nitrogens is 1. The van der Waals surface area contributed by atoms with E-state index in [1.165, 1.54) is 9.80 Å². The zero-order valence-electron chi connectivity index (χ0n) is 22.4. The van der Waals surface area contributed by atoms with Crippen molar-refractivity contribution in [3.63, 3.8) is 0 Å². The van der Waals surface area contributed by atoms with Gasteiger partial charge in [0.25, 0.3) is 11.8 Å². The Morgan fingerprint density at radius 1 is 1.05 bits per heavy atom. The number of sulfonamides is 1. The molecule has 3 aliphatic heterocycles. The Bertz CT molecular complexity index is 1480. The van der Waals surface area contributed by atoms with E-state index in [0.29, 0.717) is 43.2 Å². The Balaban J connectivity index is 1.13. The molecule has 0 spiro atoms. The predicted molar refractivity (Wildman–Crippen MR) is 142 cm³/mol. The van der Waals surface area contributed by atoms with E-state index < -0.39 is 38.2 Å². The van der Waals surface area contributed by atoms with Crippen LogP contribution in [-0.4, -0.2) is 86.7 Å². The third-order valence-electron chi connectivity index (χ3n) is 8.47. The average molecular weight is 591 g/mol. The van der Waals surface area contributed by atoms with Gasteiger partial charge in [0.1, 0.15) is 5.82 Å². The summed E-state index contributed by atoms with van der Waals surface area (Å²) in [5.41, 5.74) is -1.01. The number of benzene rings is 1. The minimum atomic E-state index is -4.14. The number of primary sulfonamides is 1. The number of alkyl halides is 1. The first-order valence-electron chi connectivity index (χ1n) is 13.8. The Kier molecular flexibility index (Phi) is 7.23. The molecule has 13 heteroatoms. The van der Waals surface area contributed by atoms with Gasteiger partial charge in [-0.05, 0) is 55.9 Å². The van der Waals surface area contributed by atoms with E-state index in [2.05, 4.69) is 4.98 Å². The topological polar surface area (TPSA) is 132 Å². The normalized spacial score (nSPS) is 24.9. The molecule has 1 saturated carbocycles. The van der Waals surface area contributed by atoms with Crippen molar-refractivity contribution in [3.05, 3.63) is 53.0 Å². The van der Waals surface area contributed by atoms with Gasteiger partial charge in [0.2, 0.25) is 15.9 Å². The first-order chi connectivity index (χ1) is 19.5. The summed E-state index contributed by atoms with van der Waals surface area (Å²) in [7, 11) is -4.14. The molecule has 2 N–H and O–H groups in total. The fourth-order valence-corrected chi connectivity index (χ4v) is 6.45. The van der Waals surface area contributed by atoms with E-state index in [0.717, 1.165) is 43.5 Å². The van der Waals surface area contributed by atoms with Crippen LogP contribution in [0.1, 0.15) is 58.0 Å². The Morgan fingerprint density at radius 2 is 1.73 bits per heavy atom. The van der Waals surface area contributed by atoms with Crippen LogP contribution < -0.4 is 9.88 Å². The molecule has 0 bridgehead atoms. The quantitative estimate of drug-likeness (QED) is 0.524. The fraction of sp³-hybridized carbons (Fsp3) is 0.536. The van der Waals surface area contributed by atoms with Crippen molar-refractivity contribution in [3.8, 4) is 5.88 Å². The lowest BCUT2D eigenvalue weighted by Gasteiger charge is -2.24. The number of carbonyl (C=O) groups is 2. The minimum absolute atomic E-state index is 0.00136. The van der Waals surface area contributed by atoms with Gasteiger partial charge in [-0.3, -0.25) is 9.59 Å². The maximum absolute atomic E-state index is 16.1. The van der Waals surface area contributed by atoms with Crippen molar-refractivity contribution in [1.29, 1.82) is 0 Å². The molecule has 2 amide bonds. The second kappa shape index (κ2) is 10.6. The van der Waals surface area contributed by atoms with Gasteiger partial charge in [0, 0.05) is 55.5 Å². The van der Waals surface area contributed by atoms with Crippen molar-refractivity contribution >= 4 is 21.8 Å². The second-order valence-corrected chi connectivity index (χ2v) is 13.1. The van der Waals surface area contributed by atoms with Crippen molar-refractivity contribution in [2.24, 2.45) is 17.0 Å². The van der Waals surface area contributed by atoms with E-state index >= 15 is 4.39 Å². The van der Waals surface area contributed by atoms with Crippen LogP contribution in [0.25, 0.3) is 0 Å². The van der Waals surface area contributed by atoms with Gasteiger partial charge in [-0.2, -0.15) is 0 Å². The molecule has 220 valence electrons. The molecule has 1 aromatic carbocycles. The number of fused-ring (bicyclic) bond motifs is 1. The molecule has 3 saturated heterocycles. The van der Waals surface area contributed by atoms with Crippen LogP contribution in [0.2, 0.25) is 0 Å². The molecule has 2 aromatic rings. The van der Waals surface area contributed by atoms with Gasteiger partial charge in [0.15, 0.2) is 5.67 Å². The Morgan fingerprint density at radius 3 is 2.34 bits per heavy atom. The molecule has 10 nitrogen and oxygen atoms in total. The number of carbonyl (C=O) groups excluding carboxylic acids is 2. The number of amides is 2. The van der Waals surface area contributed by atoms with Crippen LogP contribution in [0, 0.1) is 17.7 Å². The smallest absolute Gasteiger partial charge is 0.256 e. The SMILES string of the molecule is NS(=O)(=O)c1ccc(C(=O)N2CC3CN(C(=O)c4cc(OCC5CCOCC5)nc(C5CC5)c4)CC3(F)C2)c(F)c1. The number of nitrogens with zero attached hydrogens (tertiary/aromatic N) is 3. The molecule has 1 aliphatic carbocycles. The molecule has 1 aromatic heterocycles. The number of rotatable bonds is 7. The van der Waals surface area contributed by atoms with Crippen LogP contribution in [0.3, 0.4) is 0 Å². The number of ether oxygens (including phenoxy) is 2. The highest BCUT2D eigenvalue weighted by Gasteiger charge is 2.55. The summed E-state index contributed by atoms with van der Waals surface area (Å²) in [5.74, 6) is -1.72. The number of nitrogens with two attached hydrogens (primary N) is 1. The monoisotopic (exact) mass is 590 g/mol. The second-order valence-electron chi connectivity index (χ2n) is 11.5. The molecule has 4 heterocycles. The summed E-state index contributed by atoms with van der Waals surface area (Å²) in [6.07, 6.45) is 3.82. The molecular weight excluding hydrogens is 558 g/mol. The van der Waals surface area contributed by atoms with Gasteiger partial charge >= 0.3 is 0 Å². The standard InChI is InChI=1S/C28H32F2N4O6S/c29-23-11-21(41(31,37)38)3-4-22(23)27(36)34-13-20-12-33(15-28(20,30)16-34)26(35)19-9-24(18-1-2-18)32-25(10-19)40-14-17-5-7-39-8-6-17/h3-4,9-11,17-18,20H,1-2,5-8,12-16H2,(H2,31,37,38). The number of hydrogen-bond acceptors (Lipinski definition) is 7. The number of hydrogen-bond donors (Lipinski definition) is 1. The maximum atomic E-state index is 16.1. The molecule has 2 unspecified atom stereocenters. The lowest BCUT2D eigenvalue weighted by Crippen LogP contribution is -2.40. The third kappa shape index (κ3) is 5.80. The fourth-order valence-electron chi connectivity index (χ4n) is 5.93. The van der Waals surface area contributed by atoms with Crippen molar-refractivity contribution in [2.75, 3.05) is 46.0 Å². The van der Waals surface area contributed by atoms with Crippen molar-refractivity contribution in [1.82, 2.24) is 14.8 Å². The van der Waals surface area contributed by atoms with E-state index in [1.54, 1.807) is 12.1 Å². The zero-order chi connectivity index (χ0) is 28.9. The first kappa shape index (κ1) is 28.0. The third-order valence-corrected chi connectivity index (χ3v) is 9.38. The lowest BCUT2D eigenvalue weighted by atomic mass is 9.97. The molecular formula is C28H32F2N4O6S. The number of halogens is 2. The maximum Gasteiger partial charge on any atom is 0.256 e. The lowest BCUT2D eigenvalue weighted by molar-refractivity contribution is 0.0490. The molecule has 41 heavy (non-hydrogen) atoms. The molecule has 6 rings (SSSR count). The first-order valence-corrected chi connectivity index (χ1v) is 15.4. The average Bonchev–Trinajstić information content (AvgIpc) is 3.67. The van der Waals surface area contributed by atoms with Crippen LogP contribution in [0.4, 0.5) is 8.78 Å². The molecule has 4 aliphatic rings. The van der Waals surface area contributed by atoms with Crippen LogP contribution in [-0.2, 0) is 14.8 Å². The van der Waals surface area contributed by atoms with Crippen LogP contribution >= 0.6 is 0 Å². The van der Waals surface area contributed by atoms with Crippen LogP contribution in [0.5, 0.6) is 5.88 Å². The number of pyridine rings is 1. The van der Waals surface area contributed by atoms with E-state index in [1.807, 2.05) is 0 Å². The van der Waals surface area contributed by atoms with E-state index in [4.69, 9.17) is 14.6 Å². The van der Waals surface area contributed by atoms with Crippen molar-refractivity contribution < 1.29 is 36.3 Å². The highest BCUT2D eigenvalue weighted by molar-refractivity contribution is 7.89. The van der Waals surface area contributed by atoms with E-state index in [9.17, 15) is 22.4 Å². The summed E-state index contributed by atoms with van der Waals surface area (Å²) >= 11 is 0. The summed E-state index contributed by atoms with van der Waals surface area (Å²) < 4.78 is 65.0. The minimum Gasteiger partial charge on any atom is -0.477 e. The van der Waals surface area contributed by atoms with Gasteiger partial charge < -0.3 is 19.3 Å². The number of likely N-dealkylation sites (tertiary alicyclic amines) is 2.